The summed E-state index contributed by atoms with van der Waals surface area (Å²) in [5.74, 6) is 0.459. The molecule has 4 heteroatoms. The van der Waals surface area contributed by atoms with Gasteiger partial charge in [-0.25, -0.2) is 9.37 Å². The van der Waals surface area contributed by atoms with Gasteiger partial charge in [0.25, 0.3) is 0 Å². The molecule has 0 saturated heterocycles. The molecule has 0 saturated carbocycles. The van der Waals surface area contributed by atoms with E-state index >= 15 is 0 Å². The summed E-state index contributed by atoms with van der Waals surface area (Å²) in [6, 6.07) is 4.65. The number of aromatic nitrogens is 1. The summed E-state index contributed by atoms with van der Waals surface area (Å²) in [5.41, 5.74) is 1.42. The Hall–Kier alpha value is -1.35. The Balaban J connectivity index is 2.73. The summed E-state index contributed by atoms with van der Waals surface area (Å²) in [6.45, 7) is 4.65. The van der Waals surface area contributed by atoms with Gasteiger partial charge in [0.2, 0.25) is 0 Å². The minimum absolute atomic E-state index is 0.293. The first-order valence-corrected chi connectivity index (χ1v) is 5.50. The highest BCUT2D eigenvalue weighted by Gasteiger charge is 2.09. The van der Waals surface area contributed by atoms with Gasteiger partial charge in [0, 0.05) is 11.9 Å². The second-order valence-corrected chi connectivity index (χ2v) is 4.02. The van der Waals surface area contributed by atoms with Crippen molar-refractivity contribution in [2.24, 2.45) is 0 Å². The normalized spacial score (nSPS) is 10.8. The fourth-order valence-electron chi connectivity index (χ4n) is 1.64. The third-order valence-electron chi connectivity index (χ3n) is 2.42. The molecule has 2 aromatic rings. The minimum atomic E-state index is -0.293. The van der Waals surface area contributed by atoms with Crippen molar-refractivity contribution in [2.45, 2.75) is 13.8 Å². The molecule has 0 aliphatic rings. The molecule has 2 rings (SSSR count). The summed E-state index contributed by atoms with van der Waals surface area (Å²) >= 11 is 6.00. The molecule has 1 aromatic heterocycles. The molecule has 0 spiro atoms. The lowest BCUT2D eigenvalue weighted by Crippen LogP contribution is -2.02. The zero-order chi connectivity index (χ0) is 11.7. The van der Waals surface area contributed by atoms with E-state index in [9.17, 15) is 4.39 Å². The van der Waals surface area contributed by atoms with E-state index in [-0.39, 0.29) is 5.82 Å². The van der Waals surface area contributed by atoms with Crippen LogP contribution in [0.3, 0.4) is 0 Å². The van der Waals surface area contributed by atoms with Crippen molar-refractivity contribution in [1.29, 1.82) is 0 Å². The van der Waals surface area contributed by atoms with Crippen LogP contribution in [0.15, 0.2) is 18.2 Å². The summed E-state index contributed by atoms with van der Waals surface area (Å²) < 4.78 is 13.5. The van der Waals surface area contributed by atoms with Crippen LogP contribution in [0, 0.1) is 12.7 Å². The quantitative estimate of drug-likeness (QED) is 0.862. The van der Waals surface area contributed by atoms with Crippen LogP contribution in [0.25, 0.3) is 10.9 Å². The third-order valence-corrected chi connectivity index (χ3v) is 2.72. The smallest absolute Gasteiger partial charge is 0.132 e. The van der Waals surface area contributed by atoms with Crippen LogP contribution < -0.4 is 5.32 Å². The average Bonchev–Trinajstić information content (AvgIpc) is 2.26. The number of fused-ring (bicyclic) bond motifs is 1. The van der Waals surface area contributed by atoms with E-state index in [1.807, 2.05) is 13.8 Å². The topological polar surface area (TPSA) is 24.9 Å². The maximum absolute atomic E-state index is 13.5. The first-order valence-electron chi connectivity index (χ1n) is 5.12. The summed E-state index contributed by atoms with van der Waals surface area (Å²) in [6.07, 6.45) is 0. The number of nitrogens with zero attached hydrogens (tertiary/aromatic N) is 1. The fourth-order valence-corrected chi connectivity index (χ4v) is 1.85. The average molecular weight is 239 g/mol. The number of pyridine rings is 1. The van der Waals surface area contributed by atoms with Gasteiger partial charge in [-0.1, -0.05) is 11.6 Å². The Morgan fingerprint density at radius 3 is 2.88 bits per heavy atom. The lowest BCUT2D eigenvalue weighted by atomic mass is 10.1. The Morgan fingerprint density at radius 2 is 2.19 bits per heavy atom. The van der Waals surface area contributed by atoms with Crippen LogP contribution in [0.5, 0.6) is 0 Å². The zero-order valence-electron chi connectivity index (χ0n) is 9.14. The van der Waals surface area contributed by atoms with Gasteiger partial charge < -0.3 is 5.32 Å². The van der Waals surface area contributed by atoms with Gasteiger partial charge in [0.05, 0.1) is 10.5 Å². The number of aryl methyl sites for hydroxylation is 1. The standard InChI is InChI=1S/C12H12ClFN2/c1-3-15-12-7(2)6-8-10(14)5-4-9(13)11(8)16-12/h4-6H,3H2,1-2H3,(H,15,16). The Morgan fingerprint density at radius 1 is 1.44 bits per heavy atom. The van der Waals surface area contributed by atoms with Crippen molar-refractivity contribution in [2.75, 3.05) is 11.9 Å². The number of hydrogen-bond acceptors (Lipinski definition) is 2. The van der Waals surface area contributed by atoms with E-state index in [0.29, 0.717) is 15.9 Å². The summed E-state index contributed by atoms with van der Waals surface area (Å²) in [5, 5.41) is 4.06. The SMILES string of the molecule is CCNc1nc2c(Cl)ccc(F)c2cc1C. The third kappa shape index (κ3) is 1.83. The maximum atomic E-state index is 13.5. The van der Waals surface area contributed by atoms with Gasteiger partial charge in [-0.05, 0) is 37.6 Å². The van der Waals surface area contributed by atoms with Crippen LogP contribution in [0.1, 0.15) is 12.5 Å². The number of nitrogens with one attached hydrogen (secondary N) is 1. The molecule has 2 nitrogen and oxygen atoms in total. The van der Waals surface area contributed by atoms with Gasteiger partial charge in [-0.3, -0.25) is 0 Å². The van der Waals surface area contributed by atoms with E-state index < -0.39 is 0 Å². The lowest BCUT2D eigenvalue weighted by molar-refractivity contribution is 0.639. The first-order chi connectivity index (χ1) is 7.63. The fraction of sp³-hybridized carbons (Fsp3) is 0.250. The predicted octanol–water partition coefficient (Wildman–Crippen LogP) is 3.77. The molecule has 1 heterocycles. The van der Waals surface area contributed by atoms with Crippen molar-refractivity contribution in [1.82, 2.24) is 4.98 Å². The lowest BCUT2D eigenvalue weighted by Gasteiger charge is -2.09. The highest BCUT2D eigenvalue weighted by atomic mass is 35.5. The number of benzene rings is 1. The largest absolute Gasteiger partial charge is 0.370 e. The summed E-state index contributed by atoms with van der Waals surface area (Å²) in [4.78, 5) is 4.34. The molecule has 0 aliphatic carbocycles. The van der Waals surface area contributed by atoms with Gasteiger partial charge in [-0.15, -0.1) is 0 Å². The molecule has 0 bridgehead atoms. The molecule has 1 N–H and O–H groups in total. The van der Waals surface area contributed by atoms with E-state index in [0.717, 1.165) is 17.9 Å². The minimum Gasteiger partial charge on any atom is -0.370 e. The molecule has 84 valence electrons. The monoisotopic (exact) mass is 238 g/mol. The number of anilines is 1. The van der Waals surface area contributed by atoms with Crippen LogP contribution in [0.4, 0.5) is 10.2 Å². The van der Waals surface area contributed by atoms with Crippen molar-refractivity contribution < 1.29 is 4.39 Å². The van der Waals surface area contributed by atoms with Crippen LogP contribution >= 0.6 is 11.6 Å². The van der Waals surface area contributed by atoms with Crippen molar-refractivity contribution in [3.8, 4) is 0 Å². The van der Waals surface area contributed by atoms with E-state index in [4.69, 9.17) is 11.6 Å². The van der Waals surface area contributed by atoms with Gasteiger partial charge in [0.15, 0.2) is 0 Å². The molecule has 0 unspecified atom stereocenters. The predicted molar refractivity (Wildman–Crippen MR) is 65.6 cm³/mol. The molecular formula is C12H12ClFN2. The molecule has 0 aliphatic heterocycles. The first kappa shape index (κ1) is 11.1. The molecule has 0 radical (unpaired) electrons. The van der Waals surface area contributed by atoms with E-state index in [1.165, 1.54) is 12.1 Å². The molecule has 1 aromatic carbocycles. The Kier molecular flexibility index (Phi) is 2.97. The summed E-state index contributed by atoms with van der Waals surface area (Å²) in [7, 11) is 0. The molecular weight excluding hydrogens is 227 g/mol. The zero-order valence-corrected chi connectivity index (χ0v) is 9.90. The van der Waals surface area contributed by atoms with Crippen LogP contribution in [-0.2, 0) is 0 Å². The van der Waals surface area contributed by atoms with Crippen LogP contribution in [-0.4, -0.2) is 11.5 Å². The molecule has 16 heavy (non-hydrogen) atoms. The highest BCUT2D eigenvalue weighted by Crippen LogP contribution is 2.27. The number of halogens is 2. The second-order valence-electron chi connectivity index (χ2n) is 3.61. The van der Waals surface area contributed by atoms with Crippen molar-refractivity contribution >= 4 is 28.3 Å². The van der Waals surface area contributed by atoms with Crippen molar-refractivity contribution in [3.63, 3.8) is 0 Å². The number of hydrogen-bond donors (Lipinski definition) is 1. The van der Waals surface area contributed by atoms with E-state index in [2.05, 4.69) is 10.3 Å². The van der Waals surface area contributed by atoms with Crippen LogP contribution in [0.2, 0.25) is 5.02 Å². The highest BCUT2D eigenvalue weighted by molar-refractivity contribution is 6.35. The van der Waals surface area contributed by atoms with Gasteiger partial charge >= 0.3 is 0 Å². The van der Waals surface area contributed by atoms with E-state index in [1.54, 1.807) is 6.07 Å². The molecule has 0 atom stereocenters. The Labute approximate surface area is 98.4 Å². The van der Waals surface area contributed by atoms with Gasteiger partial charge in [0.1, 0.15) is 11.6 Å². The Bertz CT molecular complexity index is 540. The van der Waals surface area contributed by atoms with Gasteiger partial charge in [-0.2, -0.15) is 0 Å². The van der Waals surface area contributed by atoms with Crippen molar-refractivity contribution in [3.05, 3.63) is 34.6 Å². The number of rotatable bonds is 2. The molecule has 0 amide bonds. The molecule has 0 fully saturated rings. The maximum Gasteiger partial charge on any atom is 0.132 e. The second kappa shape index (κ2) is 4.26.